The summed E-state index contributed by atoms with van der Waals surface area (Å²) in [7, 11) is 2.02. The summed E-state index contributed by atoms with van der Waals surface area (Å²) in [5.74, 6) is -1.35. The van der Waals surface area contributed by atoms with Gasteiger partial charge in [-0.05, 0) is 73.7 Å². The molecule has 0 radical (unpaired) electrons. The summed E-state index contributed by atoms with van der Waals surface area (Å²) in [5, 5.41) is 3.04. The van der Waals surface area contributed by atoms with E-state index in [1.165, 1.54) is 24.3 Å². The van der Waals surface area contributed by atoms with Crippen LogP contribution in [0.25, 0.3) is 6.08 Å². The van der Waals surface area contributed by atoms with Gasteiger partial charge in [0.25, 0.3) is 11.8 Å². The number of anilines is 2. The van der Waals surface area contributed by atoms with Crippen molar-refractivity contribution in [3.05, 3.63) is 62.1 Å². The Labute approximate surface area is 207 Å². The molecule has 0 aliphatic carbocycles. The molecule has 1 saturated heterocycles. The fraction of sp³-hybridized carbons (Fsp3) is 0.292. The second kappa shape index (κ2) is 8.35. The Bertz CT molecular complexity index is 1240. The summed E-state index contributed by atoms with van der Waals surface area (Å²) in [6.45, 7) is 6.49. The van der Waals surface area contributed by atoms with Crippen LogP contribution in [0.4, 0.5) is 16.2 Å². The van der Waals surface area contributed by atoms with Crippen molar-refractivity contribution in [2.45, 2.75) is 38.6 Å². The minimum atomic E-state index is -0.889. The van der Waals surface area contributed by atoms with E-state index in [0.717, 1.165) is 22.6 Å². The Balaban J connectivity index is 1.78. The molecule has 0 saturated carbocycles. The molecule has 0 spiro atoms. The zero-order chi connectivity index (χ0) is 24.2. The van der Waals surface area contributed by atoms with E-state index >= 15 is 0 Å². The van der Waals surface area contributed by atoms with Crippen LogP contribution in [0.3, 0.4) is 0 Å². The van der Waals surface area contributed by atoms with Gasteiger partial charge in [0, 0.05) is 28.3 Å². The number of amides is 4. The topological polar surface area (TPSA) is 69.7 Å². The van der Waals surface area contributed by atoms with Crippen LogP contribution in [0.2, 0.25) is 15.1 Å². The molecule has 2 aliphatic heterocycles. The minimum Gasteiger partial charge on any atom is -0.369 e. The van der Waals surface area contributed by atoms with E-state index in [-0.39, 0.29) is 27.7 Å². The number of benzene rings is 2. The monoisotopic (exact) mass is 505 g/mol. The van der Waals surface area contributed by atoms with Gasteiger partial charge in [0.15, 0.2) is 0 Å². The lowest BCUT2D eigenvalue weighted by molar-refractivity contribution is -0.122. The largest absolute Gasteiger partial charge is 0.369 e. The second-order valence-electron chi connectivity index (χ2n) is 8.96. The lowest BCUT2D eigenvalue weighted by Gasteiger charge is -2.45. The highest BCUT2D eigenvalue weighted by Crippen LogP contribution is 2.44. The Kier molecular flexibility index (Phi) is 5.97. The van der Waals surface area contributed by atoms with Crippen LogP contribution in [0.15, 0.2) is 35.9 Å². The van der Waals surface area contributed by atoms with Crippen molar-refractivity contribution in [1.29, 1.82) is 0 Å². The Morgan fingerprint density at radius 2 is 1.73 bits per heavy atom. The van der Waals surface area contributed by atoms with Gasteiger partial charge in [-0.15, -0.1) is 0 Å². The first-order chi connectivity index (χ1) is 15.4. The predicted molar refractivity (Wildman–Crippen MR) is 132 cm³/mol. The van der Waals surface area contributed by atoms with E-state index in [0.29, 0.717) is 15.6 Å². The molecule has 4 amide bonds. The molecule has 1 atom stereocenters. The molecule has 6 nitrogen and oxygen atoms in total. The van der Waals surface area contributed by atoms with Crippen molar-refractivity contribution >= 4 is 70.1 Å². The van der Waals surface area contributed by atoms with Crippen LogP contribution in [0, 0.1) is 0 Å². The van der Waals surface area contributed by atoms with Crippen molar-refractivity contribution < 1.29 is 14.4 Å². The molecule has 2 aromatic carbocycles. The quantitative estimate of drug-likeness (QED) is 0.398. The first kappa shape index (κ1) is 23.6. The molecule has 2 aromatic rings. The van der Waals surface area contributed by atoms with Crippen LogP contribution in [-0.4, -0.2) is 30.4 Å². The molecule has 1 fully saturated rings. The minimum absolute atomic E-state index is 0.0341. The van der Waals surface area contributed by atoms with Gasteiger partial charge in [-0.2, -0.15) is 0 Å². The van der Waals surface area contributed by atoms with E-state index in [9.17, 15) is 14.4 Å². The number of barbiturate groups is 1. The molecule has 0 aromatic heterocycles. The number of nitrogens with one attached hydrogen (secondary N) is 1. The highest BCUT2D eigenvalue weighted by molar-refractivity contribution is 6.43. The Morgan fingerprint density at radius 3 is 2.39 bits per heavy atom. The zero-order valence-electron chi connectivity index (χ0n) is 18.5. The lowest BCUT2D eigenvalue weighted by Crippen LogP contribution is -2.54. The number of carbonyl (C=O) groups is 3. The second-order valence-corrected chi connectivity index (χ2v) is 10.2. The smallest absolute Gasteiger partial charge is 0.335 e. The summed E-state index contributed by atoms with van der Waals surface area (Å²) in [5.41, 5.74) is 2.47. The average molecular weight is 507 g/mol. The molecule has 1 N–H and O–H groups in total. The molecule has 1 unspecified atom stereocenters. The van der Waals surface area contributed by atoms with Crippen LogP contribution in [-0.2, 0) is 9.59 Å². The van der Waals surface area contributed by atoms with E-state index in [2.05, 4.69) is 31.0 Å². The molecule has 2 heterocycles. The molecule has 4 rings (SSSR count). The van der Waals surface area contributed by atoms with Crippen LogP contribution >= 0.6 is 34.8 Å². The van der Waals surface area contributed by atoms with Gasteiger partial charge < -0.3 is 4.90 Å². The fourth-order valence-corrected chi connectivity index (χ4v) is 5.12. The third kappa shape index (κ3) is 4.12. The molecule has 9 heteroatoms. The predicted octanol–water partition coefficient (Wildman–Crippen LogP) is 6.04. The van der Waals surface area contributed by atoms with Crippen molar-refractivity contribution in [2.24, 2.45) is 0 Å². The lowest BCUT2D eigenvalue weighted by atomic mass is 9.80. The molecular formula is C24H22Cl3N3O3. The van der Waals surface area contributed by atoms with Gasteiger partial charge in [-0.1, -0.05) is 41.7 Å². The van der Waals surface area contributed by atoms with Crippen LogP contribution in [0.5, 0.6) is 0 Å². The van der Waals surface area contributed by atoms with Gasteiger partial charge in [-0.25, -0.2) is 9.69 Å². The van der Waals surface area contributed by atoms with Crippen molar-refractivity contribution in [2.75, 3.05) is 16.8 Å². The molecule has 33 heavy (non-hydrogen) atoms. The zero-order valence-corrected chi connectivity index (χ0v) is 20.8. The Morgan fingerprint density at radius 1 is 1.03 bits per heavy atom. The molecule has 2 aliphatic rings. The first-order valence-corrected chi connectivity index (χ1v) is 11.5. The normalized spacial score (nSPS) is 21.4. The number of urea groups is 1. The number of imide groups is 2. The highest BCUT2D eigenvalue weighted by Gasteiger charge is 2.38. The first-order valence-electron chi connectivity index (χ1n) is 10.3. The average Bonchev–Trinajstić information content (AvgIpc) is 2.71. The van der Waals surface area contributed by atoms with Gasteiger partial charge in [0.2, 0.25) is 0 Å². The van der Waals surface area contributed by atoms with Crippen LogP contribution < -0.4 is 15.1 Å². The van der Waals surface area contributed by atoms with Crippen molar-refractivity contribution in [1.82, 2.24) is 5.32 Å². The standard InChI is InChI=1S/C24H22Cl3N3O3/c1-12-11-24(2,3)29(4)20-10-17(26)13(7-15(12)20)8-16-21(31)28-23(33)30(22(16)32)19-6-5-14(25)9-18(19)27/h5-10,12H,11H2,1-4H3,(H,28,31,33)/b16-8+. The van der Waals surface area contributed by atoms with E-state index in [1.807, 2.05) is 19.2 Å². The number of hydrogen-bond acceptors (Lipinski definition) is 4. The molecular weight excluding hydrogens is 485 g/mol. The van der Waals surface area contributed by atoms with E-state index in [1.54, 1.807) is 0 Å². The third-order valence-corrected chi connectivity index (χ3v) is 7.17. The third-order valence-electron chi connectivity index (χ3n) is 6.30. The van der Waals surface area contributed by atoms with Gasteiger partial charge >= 0.3 is 6.03 Å². The number of nitrogens with zero attached hydrogens (tertiary/aromatic N) is 2. The number of carbonyl (C=O) groups excluding carboxylic acids is 3. The van der Waals surface area contributed by atoms with Crippen molar-refractivity contribution in [3.63, 3.8) is 0 Å². The molecule has 172 valence electrons. The number of fused-ring (bicyclic) bond motifs is 1. The summed E-state index contributed by atoms with van der Waals surface area (Å²) in [4.78, 5) is 41.3. The maximum absolute atomic E-state index is 13.2. The van der Waals surface area contributed by atoms with Gasteiger partial charge in [0.1, 0.15) is 5.57 Å². The Hall–Kier alpha value is -2.54. The highest BCUT2D eigenvalue weighted by atomic mass is 35.5. The maximum Gasteiger partial charge on any atom is 0.335 e. The SMILES string of the molecule is CC1CC(C)(C)N(C)c2cc(Cl)c(/C=C3\C(=O)NC(=O)N(c4ccc(Cl)cc4Cl)C3=O)cc21. The molecule has 0 bridgehead atoms. The van der Waals surface area contributed by atoms with Gasteiger partial charge in [0.05, 0.1) is 10.7 Å². The van der Waals surface area contributed by atoms with E-state index in [4.69, 9.17) is 34.8 Å². The number of rotatable bonds is 2. The fourth-order valence-electron chi connectivity index (χ4n) is 4.41. The summed E-state index contributed by atoms with van der Waals surface area (Å²) in [6, 6.07) is 7.23. The number of hydrogen-bond donors (Lipinski definition) is 1. The summed E-state index contributed by atoms with van der Waals surface area (Å²) >= 11 is 18.7. The maximum atomic E-state index is 13.2. The van der Waals surface area contributed by atoms with Gasteiger partial charge in [-0.3, -0.25) is 14.9 Å². The van der Waals surface area contributed by atoms with E-state index < -0.39 is 17.8 Å². The summed E-state index contributed by atoms with van der Waals surface area (Å²) < 4.78 is 0. The van der Waals surface area contributed by atoms with Crippen molar-refractivity contribution in [3.8, 4) is 0 Å². The van der Waals surface area contributed by atoms with Crippen LogP contribution in [0.1, 0.15) is 44.2 Å². The number of halogens is 3. The summed E-state index contributed by atoms with van der Waals surface area (Å²) in [6.07, 6.45) is 2.35.